The summed E-state index contributed by atoms with van der Waals surface area (Å²) in [5.74, 6) is 0.653. The van der Waals surface area contributed by atoms with Gasteiger partial charge in [0.05, 0.1) is 38.6 Å². The minimum atomic E-state index is -0.442. The Bertz CT molecular complexity index is 779. The number of rotatable bonds is 10. The van der Waals surface area contributed by atoms with Crippen LogP contribution in [0.15, 0.2) is 22.8 Å². The minimum absolute atomic E-state index is 0.177. The maximum absolute atomic E-state index is 12.0. The van der Waals surface area contributed by atoms with Crippen LogP contribution in [0.3, 0.4) is 0 Å². The number of ether oxygens (including phenoxy) is 5. The number of carbonyl (C=O) groups excluding carboxylic acids is 1. The number of aromatic nitrogens is 1. The fourth-order valence-corrected chi connectivity index (χ4v) is 4.74. The molecule has 0 unspecified atom stereocenters. The van der Waals surface area contributed by atoms with Gasteiger partial charge in [0.1, 0.15) is 11.7 Å². The second-order valence-corrected chi connectivity index (χ2v) is 11.3. The van der Waals surface area contributed by atoms with Crippen molar-refractivity contribution in [3.63, 3.8) is 0 Å². The molecule has 2 heterocycles. The smallest absolute Gasteiger partial charge is 0.410 e. The molecule has 0 aromatic carbocycles. The van der Waals surface area contributed by atoms with Crippen LogP contribution in [0.4, 0.5) is 4.79 Å². The summed E-state index contributed by atoms with van der Waals surface area (Å²) >= 11 is 3.37. The molecule has 3 fully saturated rings. The lowest BCUT2D eigenvalue weighted by molar-refractivity contribution is -0.152. The molecule has 2 saturated carbocycles. The summed E-state index contributed by atoms with van der Waals surface area (Å²) in [6.45, 7) is 9.56. The SMILES string of the molecule is CC(C)(C)OC(=O)N1CC2(CC(OCCOCCO[C@H]3C[C@H](Oc4ccc(Br)cn4)C3)C2)C1. The van der Waals surface area contributed by atoms with Crippen molar-refractivity contribution < 1.29 is 28.5 Å². The molecular weight excluding hydrogens is 492 g/mol. The van der Waals surface area contributed by atoms with Gasteiger partial charge in [0, 0.05) is 48.1 Å². The first kappa shape index (κ1) is 24.7. The van der Waals surface area contributed by atoms with Crippen molar-refractivity contribution in [3.8, 4) is 5.88 Å². The Morgan fingerprint density at radius 3 is 2.33 bits per heavy atom. The molecule has 4 rings (SSSR count). The van der Waals surface area contributed by atoms with E-state index in [-0.39, 0.29) is 29.8 Å². The summed E-state index contributed by atoms with van der Waals surface area (Å²) in [5.41, 5.74) is -0.197. The summed E-state index contributed by atoms with van der Waals surface area (Å²) in [4.78, 5) is 18.1. The molecule has 0 bridgehead atoms. The lowest BCUT2D eigenvalue weighted by atomic mass is 9.62. The maximum Gasteiger partial charge on any atom is 0.410 e. The van der Waals surface area contributed by atoms with Gasteiger partial charge in [-0.25, -0.2) is 9.78 Å². The van der Waals surface area contributed by atoms with Gasteiger partial charge in [-0.2, -0.15) is 0 Å². The zero-order chi connectivity index (χ0) is 23.5. The molecule has 2 aliphatic carbocycles. The average molecular weight is 527 g/mol. The van der Waals surface area contributed by atoms with Gasteiger partial charge in [0.2, 0.25) is 5.88 Å². The van der Waals surface area contributed by atoms with E-state index in [9.17, 15) is 4.79 Å². The minimum Gasteiger partial charge on any atom is -0.474 e. The van der Waals surface area contributed by atoms with Gasteiger partial charge in [-0.1, -0.05) is 0 Å². The quantitative estimate of drug-likeness (QED) is 0.422. The highest BCUT2D eigenvalue weighted by molar-refractivity contribution is 9.10. The van der Waals surface area contributed by atoms with E-state index < -0.39 is 5.60 Å². The number of hydrogen-bond donors (Lipinski definition) is 0. The number of pyridine rings is 1. The first-order valence-electron chi connectivity index (χ1n) is 11.8. The number of halogens is 1. The number of amides is 1. The molecule has 0 N–H and O–H groups in total. The van der Waals surface area contributed by atoms with Crippen LogP contribution in [0.5, 0.6) is 5.88 Å². The summed E-state index contributed by atoms with van der Waals surface area (Å²) in [6, 6.07) is 3.79. The van der Waals surface area contributed by atoms with Crippen molar-refractivity contribution in [2.75, 3.05) is 39.5 Å². The molecule has 1 saturated heterocycles. The van der Waals surface area contributed by atoms with E-state index in [1.807, 2.05) is 32.9 Å². The summed E-state index contributed by atoms with van der Waals surface area (Å²) in [7, 11) is 0. The number of hydrogen-bond acceptors (Lipinski definition) is 7. The van der Waals surface area contributed by atoms with Crippen LogP contribution < -0.4 is 4.74 Å². The number of carbonyl (C=O) groups is 1. The Morgan fingerprint density at radius 1 is 1.06 bits per heavy atom. The molecule has 8 nitrogen and oxygen atoms in total. The number of nitrogens with zero attached hydrogens (tertiary/aromatic N) is 2. The van der Waals surface area contributed by atoms with Crippen molar-refractivity contribution in [2.24, 2.45) is 5.41 Å². The molecular formula is C24H35BrN2O6. The second-order valence-electron chi connectivity index (χ2n) is 10.4. The van der Waals surface area contributed by atoms with Crippen LogP contribution in [0.1, 0.15) is 46.5 Å². The Balaban J connectivity index is 0.949. The Hall–Kier alpha value is -1.42. The third-order valence-electron chi connectivity index (χ3n) is 6.23. The van der Waals surface area contributed by atoms with Crippen LogP contribution in [0.2, 0.25) is 0 Å². The van der Waals surface area contributed by atoms with Crippen molar-refractivity contribution in [1.82, 2.24) is 9.88 Å². The fraction of sp³-hybridized carbons (Fsp3) is 0.750. The highest BCUT2D eigenvalue weighted by atomic mass is 79.9. The zero-order valence-electron chi connectivity index (χ0n) is 19.8. The van der Waals surface area contributed by atoms with Crippen LogP contribution in [0, 0.1) is 5.41 Å². The molecule has 0 radical (unpaired) electrons. The van der Waals surface area contributed by atoms with Gasteiger partial charge < -0.3 is 28.6 Å². The van der Waals surface area contributed by atoms with Crippen molar-refractivity contribution in [3.05, 3.63) is 22.8 Å². The van der Waals surface area contributed by atoms with Gasteiger partial charge in [0.15, 0.2) is 0 Å². The molecule has 1 aliphatic heterocycles. The predicted molar refractivity (Wildman–Crippen MR) is 125 cm³/mol. The van der Waals surface area contributed by atoms with Crippen molar-refractivity contribution >= 4 is 22.0 Å². The average Bonchev–Trinajstić information content (AvgIpc) is 2.64. The van der Waals surface area contributed by atoms with E-state index in [0.29, 0.717) is 32.3 Å². The van der Waals surface area contributed by atoms with Gasteiger partial charge in [-0.3, -0.25) is 0 Å². The Kier molecular flexibility index (Phi) is 7.83. The van der Waals surface area contributed by atoms with E-state index in [1.165, 1.54) is 0 Å². The normalized spacial score (nSPS) is 24.1. The molecule has 184 valence electrons. The van der Waals surface area contributed by atoms with Gasteiger partial charge in [-0.05, 0) is 55.6 Å². The number of likely N-dealkylation sites (tertiary alicyclic amines) is 1. The first-order valence-corrected chi connectivity index (χ1v) is 12.6. The topological polar surface area (TPSA) is 79.4 Å². The van der Waals surface area contributed by atoms with E-state index in [2.05, 4.69) is 20.9 Å². The largest absolute Gasteiger partial charge is 0.474 e. The van der Waals surface area contributed by atoms with Gasteiger partial charge in [-0.15, -0.1) is 0 Å². The molecule has 1 spiro atoms. The van der Waals surface area contributed by atoms with Crippen molar-refractivity contribution in [2.45, 2.75) is 70.4 Å². The standard InChI is InChI=1S/C24H35BrN2O6/c1-23(2,3)33-22(28)27-15-24(16-27)12-20(13-24)31-9-7-29-6-8-30-18-10-19(11-18)32-21-5-4-17(25)14-26-21/h4-5,14,18-20H,6-13,15-16H2,1-3H3/t18-,19-. The summed E-state index contributed by atoms with van der Waals surface area (Å²) in [6.07, 6.45) is 6.00. The highest BCUT2D eigenvalue weighted by Gasteiger charge is 2.54. The molecule has 0 atom stereocenters. The van der Waals surface area contributed by atoms with Gasteiger partial charge in [0.25, 0.3) is 0 Å². The maximum atomic E-state index is 12.0. The summed E-state index contributed by atoms with van der Waals surface area (Å²) < 4.78 is 29.5. The zero-order valence-corrected chi connectivity index (χ0v) is 21.3. The van der Waals surface area contributed by atoms with Crippen LogP contribution in [-0.2, 0) is 18.9 Å². The lowest BCUT2D eigenvalue weighted by Gasteiger charge is -2.58. The molecule has 1 aromatic rings. The first-order chi connectivity index (χ1) is 15.7. The second kappa shape index (κ2) is 10.5. The Labute approximate surface area is 204 Å². The van der Waals surface area contributed by atoms with Crippen LogP contribution >= 0.6 is 15.9 Å². The molecule has 33 heavy (non-hydrogen) atoms. The molecule has 3 aliphatic rings. The predicted octanol–water partition coefficient (Wildman–Crippen LogP) is 4.20. The fourth-order valence-electron chi connectivity index (χ4n) is 4.50. The Morgan fingerprint density at radius 2 is 1.73 bits per heavy atom. The monoisotopic (exact) mass is 526 g/mol. The van der Waals surface area contributed by atoms with E-state index in [0.717, 1.165) is 43.2 Å². The van der Waals surface area contributed by atoms with Crippen LogP contribution in [-0.4, -0.2) is 79.4 Å². The van der Waals surface area contributed by atoms with E-state index in [1.54, 1.807) is 11.1 Å². The highest BCUT2D eigenvalue weighted by Crippen LogP contribution is 2.49. The van der Waals surface area contributed by atoms with Crippen molar-refractivity contribution in [1.29, 1.82) is 0 Å². The van der Waals surface area contributed by atoms with Crippen LogP contribution in [0.25, 0.3) is 0 Å². The molecule has 9 heteroatoms. The molecule has 1 amide bonds. The van der Waals surface area contributed by atoms with E-state index >= 15 is 0 Å². The van der Waals surface area contributed by atoms with Gasteiger partial charge >= 0.3 is 6.09 Å². The molecule has 1 aromatic heterocycles. The lowest BCUT2D eigenvalue weighted by Crippen LogP contribution is -2.65. The summed E-state index contributed by atoms with van der Waals surface area (Å²) in [5, 5.41) is 0. The third-order valence-corrected chi connectivity index (χ3v) is 6.70. The van der Waals surface area contributed by atoms with E-state index in [4.69, 9.17) is 23.7 Å². The third kappa shape index (κ3) is 7.04.